The van der Waals surface area contributed by atoms with E-state index in [1.807, 2.05) is 194 Å². The van der Waals surface area contributed by atoms with Crippen LogP contribution in [-0.4, -0.2) is 18.3 Å². The SMILES string of the molecule is CC.CC.CC.CC.CC.CC.CC.CC.CC.CC.CC.CC.CC.CC.CCC.CCC.CCn1c2ccccc2c2ccccc21.CCn1c2ccccc2c2ccccc21.CCn1c2ccccc2c2ccccc21.CCn1c2ccccc2c2ccccc21.c1ccc2c(c1)c1ccccc1c1ccccc21.c1ccc2c(c1)c1ccccc1c1ccccc21. The van der Waals surface area contributed by atoms with Crippen LogP contribution in [0.25, 0.3) is 152 Å². The Morgan fingerprint density at radius 3 is 0.238 bits per heavy atom. The first-order valence-electron chi connectivity index (χ1n) is 50.8. The Morgan fingerprint density at radius 2 is 0.169 bits per heavy atom. The molecule has 0 fully saturated rings. The lowest BCUT2D eigenvalue weighted by molar-refractivity contribution is 0.827. The Labute approximate surface area is 792 Å². The van der Waals surface area contributed by atoms with Crippen molar-refractivity contribution in [2.45, 2.75) is 288 Å². The lowest BCUT2D eigenvalue weighted by Gasteiger charge is -2.09. The van der Waals surface area contributed by atoms with Gasteiger partial charge in [-0.25, -0.2) is 0 Å². The van der Waals surface area contributed by atoms with Crippen LogP contribution in [0.3, 0.4) is 0 Å². The molecule has 20 aromatic rings. The van der Waals surface area contributed by atoms with E-state index in [1.54, 1.807) is 0 Å². The van der Waals surface area contributed by atoms with Gasteiger partial charge in [0, 0.05) is 113 Å². The van der Waals surface area contributed by atoms with E-state index in [0.29, 0.717) is 0 Å². The molecule has 0 aliphatic heterocycles. The number of hydrogen-bond acceptors (Lipinski definition) is 0. The molecule has 20 rings (SSSR count). The quantitative estimate of drug-likeness (QED) is 0.157. The third kappa shape index (κ3) is 31.3. The molecule has 0 unspecified atom stereocenters. The fourth-order valence-corrected chi connectivity index (χ4v) is 15.1. The number of hydrogen-bond donors (Lipinski definition) is 0. The predicted octanol–water partition coefficient (Wildman–Crippen LogP) is 42.7. The Hall–Kier alpha value is -11.7. The van der Waals surface area contributed by atoms with Gasteiger partial charge in [0.25, 0.3) is 0 Å². The van der Waals surface area contributed by atoms with Gasteiger partial charge < -0.3 is 18.3 Å². The van der Waals surface area contributed by atoms with E-state index in [4.69, 9.17) is 0 Å². The van der Waals surface area contributed by atoms with Gasteiger partial charge in [0.15, 0.2) is 0 Å². The summed E-state index contributed by atoms with van der Waals surface area (Å²) in [5.41, 5.74) is 10.7. The summed E-state index contributed by atoms with van der Waals surface area (Å²) in [6.45, 7) is 77.4. The van der Waals surface area contributed by atoms with Gasteiger partial charge in [-0.3, -0.25) is 0 Å². The van der Waals surface area contributed by atoms with Crippen LogP contribution in [-0.2, 0) is 26.2 Å². The molecule has 0 saturated carbocycles. The van der Waals surface area contributed by atoms with Crippen molar-refractivity contribution in [1.29, 1.82) is 0 Å². The van der Waals surface area contributed by atoms with Crippen LogP contribution in [0.4, 0.5) is 0 Å². The molecular weight excluding hydrogens is 1570 g/mol. The highest BCUT2D eigenvalue weighted by atomic mass is 15.0. The largest absolute Gasteiger partial charge is 0.341 e. The van der Waals surface area contributed by atoms with E-state index in [1.165, 1.54) is 165 Å². The third-order valence-corrected chi connectivity index (χ3v) is 19.3. The van der Waals surface area contributed by atoms with Crippen LogP contribution in [0.1, 0.15) is 262 Å². The number of aryl methyl sites for hydroxylation is 4. The minimum Gasteiger partial charge on any atom is -0.341 e. The minimum absolute atomic E-state index is 1.02. The standard InChI is InChI=1S/2C18H12.4C14H13N.2C3H8.14C2H6/c2*1-2-8-14-13(7-1)15-9-3-4-11-17(15)18-12-6-5-10-16(14)18;4*1-2-15-13-9-5-3-7-11(13)12-8-4-6-10-14(12)15;2*1-3-2;14*1-2/h2*1-12H;4*3-10H,2H2,1H3;2*3H2,1-2H3;14*1-2H3. The first-order chi connectivity index (χ1) is 64.4. The van der Waals surface area contributed by atoms with Crippen LogP contribution >= 0.6 is 0 Å². The fourth-order valence-electron chi connectivity index (χ4n) is 15.1. The number of nitrogens with zero attached hydrogens (tertiary/aromatic N) is 4. The van der Waals surface area contributed by atoms with Crippen molar-refractivity contribution in [3.63, 3.8) is 0 Å². The van der Waals surface area contributed by atoms with Crippen molar-refractivity contribution >= 4 is 152 Å². The molecule has 0 radical (unpaired) electrons. The number of fused-ring (bicyclic) bond motifs is 24. The average Bonchev–Trinajstić information content (AvgIpc) is 1.50. The van der Waals surface area contributed by atoms with Crippen LogP contribution in [0.15, 0.2) is 340 Å². The molecule has 0 aliphatic rings. The summed E-state index contributed by atoms with van der Waals surface area (Å²) in [6.07, 6.45) is 2.50. The maximum Gasteiger partial charge on any atom is 0.0491 e. The van der Waals surface area contributed by atoms with Gasteiger partial charge in [-0.05, 0) is 141 Å². The van der Waals surface area contributed by atoms with Crippen molar-refractivity contribution in [2.24, 2.45) is 0 Å². The molecule has 4 heterocycles. The molecule has 0 N–H and O–H groups in total. The first kappa shape index (κ1) is 120. The van der Waals surface area contributed by atoms with Crippen molar-refractivity contribution in [3.8, 4) is 0 Å². The van der Waals surface area contributed by atoms with Gasteiger partial charge in [-0.15, -0.1) is 0 Å². The topological polar surface area (TPSA) is 19.7 Å². The fraction of sp³-hybridized carbons (Fsp3) is 0.333. The second-order valence-electron chi connectivity index (χ2n) is 25.8. The van der Waals surface area contributed by atoms with E-state index in [9.17, 15) is 0 Å². The van der Waals surface area contributed by atoms with Crippen molar-refractivity contribution < 1.29 is 0 Å². The smallest absolute Gasteiger partial charge is 0.0491 e. The maximum absolute atomic E-state index is 2.37. The summed E-state index contributed by atoms with van der Waals surface area (Å²) in [4.78, 5) is 0. The molecule has 0 aliphatic carbocycles. The Bertz CT molecular complexity index is 4950. The Morgan fingerprint density at radius 1 is 0.108 bits per heavy atom. The number of aromatic nitrogens is 4. The highest BCUT2D eigenvalue weighted by Crippen LogP contribution is 2.38. The maximum atomic E-state index is 2.37. The van der Waals surface area contributed by atoms with Gasteiger partial charge >= 0.3 is 0 Å². The number of para-hydroxylation sites is 8. The summed E-state index contributed by atoms with van der Waals surface area (Å²) < 4.78 is 9.46. The predicted molar refractivity (Wildman–Crippen MR) is 609 cm³/mol. The molecule has 0 bridgehead atoms. The van der Waals surface area contributed by atoms with Crippen LogP contribution in [0.2, 0.25) is 0 Å². The number of benzene rings is 16. The molecule has 16 aromatic carbocycles. The van der Waals surface area contributed by atoms with Crippen LogP contribution < -0.4 is 0 Å². The monoisotopic (exact) mass is 1750 g/mol. The molecule has 4 aromatic heterocycles. The minimum atomic E-state index is 1.02. The molecule has 4 heteroatoms. The highest BCUT2D eigenvalue weighted by Gasteiger charge is 2.13. The molecule has 4 nitrogen and oxygen atoms in total. The van der Waals surface area contributed by atoms with Gasteiger partial charge in [-0.2, -0.15) is 0 Å². The highest BCUT2D eigenvalue weighted by molar-refractivity contribution is 6.26. The van der Waals surface area contributed by atoms with E-state index in [0.717, 1.165) is 26.2 Å². The average molecular weight is 1750 g/mol. The Balaban J connectivity index is 0. The molecular formula is C126H176N4. The summed E-state index contributed by atoms with van der Waals surface area (Å²) >= 11 is 0. The van der Waals surface area contributed by atoms with Gasteiger partial charge in [-0.1, -0.05) is 526 Å². The Kier molecular flexibility index (Phi) is 68.6. The van der Waals surface area contributed by atoms with Gasteiger partial charge in [0.1, 0.15) is 0 Å². The molecule has 130 heavy (non-hydrogen) atoms. The van der Waals surface area contributed by atoms with Crippen molar-refractivity contribution in [3.05, 3.63) is 340 Å². The van der Waals surface area contributed by atoms with Gasteiger partial charge in [0.05, 0.1) is 0 Å². The lowest BCUT2D eigenvalue weighted by Crippen LogP contribution is -1.91. The van der Waals surface area contributed by atoms with Crippen LogP contribution in [0, 0.1) is 0 Å². The summed E-state index contributed by atoms with van der Waals surface area (Å²) in [6, 6.07) is 121. The molecule has 0 atom stereocenters. The lowest BCUT2D eigenvalue weighted by atomic mass is 9.95. The second-order valence-corrected chi connectivity index (χ2v) is 25.8. The van der Waals surface area contributed by atoms with Crippen LogP contribution in [0.5, 0.6) is 0 Å². The van der Waals surface area contributed by atoms with E-state index >= 15 is 0 Å². The van der Waals surface area contributed by atoms with E-state index < -0.39 is 0 Å². The molecule has 700 valence electrons. The first-order valence-corrected chi connectivity index (χ1v) is 50.8. The summed E-state index contributed by atoms with van der Waals surface area (Å²) in [5, 5.41) is 26.9. The number of rotatable bonds is 4. The zero-order valence-corrected chi connectivity index (χ0v) is 88.4. The molecule has 0 spiro atoms. The second kappa shape index (κ2) is 74.1. The normalized spacial score (nSPS) is 9.26. The molecule has 0 saturated heterocycles. The zero-order chi connectivity index (χ0) is 98.3. The zero-order valence-electron chi connectivity index (χ0n) is 88.4. The third-order valence-electron chi connectivity index (χ3n) is 19.3. The van der Waals surface area contributed by atoms with E-state index in [2.05, 4.69) is 413 Å². The van der Waals surface area contributed by atoms with Gasteiger partial charge in [0.2, 0.25) is 0 Å². The van der Waals surface area contributed by atoms with Crippen molar-refractivity contribution in [2.75, 3.05) is 0 Å². The van der Waals surface area contributed by atoms with Crippen molar-refractivity contribution in [1.82, 2.24) is 18.3 Å². The molecule has 0 amide bonds. The summed E-state index contributed by atoms with van der Waals surface area (Å²) in [5.74, 6) is 0. The summed E-state index contributed by atoms with van der Waals surface area (Å²) in [7, 11) is 0. The van der Waals surface area contributed by atoms with E-state index in [-0.39, 0.29) is 0 Å².